The molecule has 1 N–H and O–H groups in total. The normalized spacial score (nSPS) is 16.1. The second-order valence-electron chi connectivity index (χ2n) is 7.73. The number of carbonyl (C=O) groups is 1. The molecule has 9 heteroatoms. The van der Waals surface area contributed by atoms with Gasteiger partial charge in [0, 0.05) is 19.2 Å². The van der Waals surface area contributed by atoms with Gasteiger partial charge in [-0.1, -0.05) is 0 Å². The van der Waals surface area contributed by atoms with Gasteiger partial charge in [-0.25, -0.2) is 4.79 Å². The van der Waals surface area contributed by atoms with E-state index in [-0.39, 0.29) is 18.3 Å². The molecule has 27 heavy (non-hydrogen) atoms. The Balaban J connectivity index is 2.12. The number of nitro groups is 1. The lowest BCUT2D eigenvalue weighted by atomic mass is 9.96. The molecule has 1 aromatic heterocycles. The number of hydrogen-bond acceptors (Lipinski definition) is 7. The third kappa shape index (κ3) is 6.44. The van der Waals surface area contributed by atoms with Gasteiger partial charge < -0.3 is 24.9 Å². The smallest absolute Gasteiger partial charge is 0.414 e. The maximum atomic E-state index is 12.7. The monoisotopic (exact) mass is 380 g/mol. The number of β-amino-alcohol motifs (C(OH)–C–C–N with tert-alkyl or cyclic N) is 1. The van der Waals surface area contributed by atoms with Crippen LogP contribution < -0.4 is 4.90 Å². The van der Waals surface area contributed by atoms with Gasteiger partial charge >= 0.3 is 11.9 Å². The summed E-state index contributed by atoms with van der Waals surface area (Å²) in [5.41, 5.74) is -0.166. The van der Waals surface area contributed by atoms with Crippen molar-refractivity contribution in [3.63, 3.8) is 0 Å². The minimum absolute atomic E-state index is 0.142. The van der Waals surface area contributed by atoms with E-state index in [1.165, 1.54) is 23.2 Å². The molecule has 1 aliphatic rings. The fraction of sp³-hybridized carbons (Fsp3) is 0.667. The lowest BCUT2D eigenvalue weighted by Crippen LogP contribution is -2.43. The van der Waals surface area contributed by atoms with E-state index in [9.17, 15) is 14.9 Å². The molecule has 0 atom stereocenters. The van der Waals surface area contributed by atoms with Crippen LogP contribution in [-0.4, -0.2) is 64.4 Å². The van der Waals surface area contributed by atoms with Crippen LogP contribution >= 0.6 is 0 Å². The van der Waals surface area contributed by atoms with Gasteiger partial charge in [0.2, 0.25) is 0 Å². The fourth-order valence-electron chi connectivity index (χ4n) is 3.04. The van der Waals surface area contributed by atoms with E-state index in [1.54, 1.807) is 20.8 Å². The number of rotatable bonds is 6. The van der Waals surface area contributed by atoms with Crippen LogP contribution in [0.5, 0.6) is 0 Å². The van der Waals surface area contributed by atoms with Crippen molar-refractivity contribution in [2.75, 3.05) is 37.7 Å². The number of carbonyl (C=O) groups excluding carboxylic acids is 1. The molecule has 0 aromatic carbocycles. The van der Waals surface area contributed by atoms with Gasteiger partial charge in [0.05, 0.1) is 12.3 Å². The van der Waals surface area contributed by atoms with E-state index in [4.69, 9.17) is 9.84 Å². The second kappa shape index (κ2) is 9.09. The molecule has 0 aliphatic carbocycles. The number of hydrogen-bond donors (Lipinski definition) is 1. The number of amides is 1. The van der Waals surface area contributed by atoms with Crippen molar-refractivity contribution >= 4 is 17.6 Å². The molecule has 1 amide bonds. The molecule has 0 unspecified atom stereocenters. The highest BCUT2D eigenvalue weighted by Gasteiger charge is 2.29. The third-order valence-corrected chi connectivity index (χ3v) is 4.41. The summed E-state index contributed by atoms with van der Waals surface area (Å²) in [5.74, 6) is 0.0165. The first-order valence-electron chi connectivity index (χ1n) is 9.14. The van der Waals surface area contributed by atoms with Crippen molar-refractivity contribution in [1.29, 1.82) is 0 Å². The average Bonchev–Trinajstić information content (AvgIpc) is 2.60. The van der Waals surface area contributed by atoms with Crippen molar-refractivity contribution in [2.45, 2.75) is 39.2 Å². The fourth-order valence-corrected chi connectivity index (χ4v) is 3.04. The number of aliphatic hydroxyl groups is 1. The standard InChI is InChI=1S/C18H28N4O5/c1-18(2,3)27-17(24)21(15-4-5-16(19-12-15)22(25)26)13-14-6-8-20(9-7-14)10-11-23/h4-5,12,14,23H,6-11,13H2,1-3H3. The highest BCUT2D eigenvalue weighted by atomic mass is 16.6. The van der Waals surface area contributed by atoms with Crippen LogP contribution in [0, 0.1) is 16.0 Å². The molecule has 1 aliphatic heterocycles. The molecule has 9 nitrogen and oxygen atoms in total. The Kier molecular flexibility index (Phi) is 7.09. The number of aromatic nitrogens is 1. The van der Waals surface area contributed by atoms with Crippen molar-refractivity contribution < 1.29 is 19.6 Å². The molecule has 0 saturated carbocycles. The van der Waals surface area contributed by atoms with Gasteiger partial charge in [-0.15, -0.1) is 0 Å². The Morgan fingerprint density at radius 2 is 2.07 bits per heavy atom. The zero-order valence-electron chi connectivity index (χ0n) is 16.1. The van der Waals surface area contributed by atoms with Crippen molar-refractivity contribution in [3.8, 4) is 0 Å². The number of ether oxygens (including phenoxy) is 1. The zero-order chi connectivity index (χ0) is 20.0. The highest BCUT2D eigenvalue weighted by molar-refractivity contribution is 5.87. The van der Waals surface area contributed by atoms with Crippen LogP contribution in [0.4, 0.5) is 16.3 Å². The van der Waals surface area contributed by atoms with Crippen molar-refractivity contribution in [1.82, 2.24) is 9.88 Å². The number of pyridine rings is 1. The summed E-state index contributed by atoms with van der Waals surface area (Å²) >= 11 is 0. The van der Waals surface area contributed by atoms with Gasteiger partial charge in [0.25, 0.3) is 0 Å². The Labute approximate surface area is 159 Å². The largest absolute Gasteiger partial charge is 0.443 e. The van der Waals surface area contributed by atoms with Gasteiger partial charge in [0.15, 0.2) is 6.20 Å². The lowest BCUT2D eigenvalue weighted by molar-refractivity contribution is -0.389. The summed E-state index contributed by atoms with van der Waals surface area (Å²) in [6.45, 7) is 8.39. The van der Waals surface area contributed by atoms with Crippen LogP contribution in [0.2, 0.25) is 0 Å². The molecular weight excluding hydrogens is 352 g/mol. The SMILES string of the molecule is CC(C)(C)OC(=O)N(CC1CCN(CCO)CC1)c1ccc([N+](=O)[O-])nc1. The Hall–Kier alpha value is -2.26. The summed E-state index contributed by atoms with van der Waals surface area (Å²) in [6, 6.07) is 2.81. The van der Waals surface area contributed by atoms with E-state index in [2.05, 4.69) is 9.88 Å². The number of anilines is 1. The summed E-state index contributed by atoms with van der Waals surface area (Å²) in [4.78, 5) is 30.5. The Bertz CT molecular complexity index is 636. The number of aliphatic hydroxyl groups excluding tert-OH is 1. The molecule has 0 bridgehead atoms. The summed E-state index contributed by atoms with van der Waals surface area (Å²) < 4.78 is 5.52. The molecule has 2 heterocycles. The summed E-state index contributed by atoms with van der Waals surface area (Å²) in [7, 11) is 0. The molecule has 0 radical (unpaired) electrons. The Morgan fingerprint density at radius 3 is 2.56 bits per heavy atom. The van der Waals surface area contributed by atoms with E-state index >= 15 is 0 Å². The summed E-state index contributed by atoms with van der Waals surface area (Å²) in [6.07, 6.45) is 2.65. The topological polar surface area (TPSA) is 109 Å². The van der Waals surface area contributed by atoms with Crippen molar-refractivity contribution in [2.24, 2.45) is 5.92 Å². The van der Waals surface area contributed by atoms with Gasteiger partial charge in [-0.05, 0) is 68.6 Å². The zero-order valence-corrected chi connectivity index (χ0v) is 16.1. The molecular formula is C18H28N4O5. The highest BCUT2D eigenvalue weighted by Crippen LogP contribution is 2.25. The van der Waals surface area contributed by atoms with Crippen LogP contribution in [0.25, 0.3) is 0 Å². The minimum Gasteiger partial charge on any atom is -0.443 e. The van der Waals surface area contributed by atoms with E-state index in [0.717, 1.165) is 25.9 Å². The first kappa shape index (κ1) is 21.0. The predicted molar refractivity (Wildman–Crippen MR) is 101 cm³/mol. The number of likely N-dealkylation sites (tertiary alicyclic amines) is 1. The second-order valence-corrected chi connectivity index (χ2v) is 7.73. The predicted octanol–water partition coefficient (Wildman–Crippen LogP) is 2.44. The molecule has 1 fully saturated rings. The molecule has 150 valence electrons. The number of nitrogens with zero attached hydrogens (tertiary/aromatic N) is 4. The quantitative estimate of drug-likeness (QED) is 0.596. The first-order chi connectivity index (χ1) is 12.7. The van der Waals surface area contributed by atoms with Crippen LogP contribution in [-0.2, 0) is 4.74 Å². The third-order valence-electron chi connectivity index (χ3n) is 4.41. The average molecular weight is 380 g/mol. The van der Waals surface area contributed by atoms with Gasteiger partial charge in [0.1, 0.15) is 5.60 Å². The van der Waals surface area contributed by atoms with E-state index in [1.807, 2.05) is 0 Å². The summed E-state index contributed by atoms with van der Waals surface area (Å²) in [5, 5.41) is 19.9. The maximum Gasteiger partial charge on any atom is 0.414 e. The maximum absolute atomic E-state index is 12.7. The Morgan fingerprint density at radius 1 is 1.41 bits per heavy atom. The first-order valence-corrected chi connectivity index (χ1v) is 9.14. The molecule has 0 spiro atoms. The van der Waals surface area contributed by atoms with Crippen molar-refractivity contribution in [3.05, 3.63) is 28.4 Å². The van der Waals surface area contributed by atoms with E-state index in [0.29, 0.717) is 18.8 Å². The van der Waals surface area contributed by atoms with Crippen LogP contribution in [0.15, 0.2) is 18.3 Å². The molecule has 1 saturated heterocycles. The van der Waals surface area contributed by atoms with Crippen LogP contribution in [0.3, 0.4) is 0 Å². The number of piperidine rings is 1. The van der Waals surface area contributed by atoms with Crippen LogP contribution in [0.1, 0.15) is 33.6 Å². The molecule has 1 aromatic rings. The van der Waals surface area contributed by atoms with Gasteiger partial charge in [-0.3, -0.25) is 4.90 Å². The lowest BCUT2D eigenvalue weighted by Gasteiger charge is -2.34. The molecule has 2 rings (SSSR count). The van der Waals surface area contributed by atoms with Gasteiger partial charge in [-0.2, -0.15) is 0 Å². The van der Waals surface area contributed by atoms with E-state index < -0.39 is 16.6 Å². The minimum atomic E-state index is -0.645.